The standard InChI is InChI=1S/C21H22BrFN2O2S/c22-16-3-6-18-20(11-16)28-21(27)25(18)12-14-7-9-24(10-8-14)13-19(26)15-1-4-17(23)5-2-15/h1-6,11,14,19,26H,7-10,12-13H2. The average molecular weight is 465 g/mol. The fourth-order valence-electron chi connectivity index (χ4n) is 3.86. The summed E-state index contributed by atoms with van der Waals surface area (Å²) in [6.45, 7) is 3.08. The van der Waals surface area contributed by atoms with Gasteiger partial charge in [0.15, 0.2) is 0 Å². The summed E-state index contributed by atoms with van der Waals surface area (Å²) in [5.41, 5.74) is 1.75. The number of hydrogen-bond acceptors (Lipinski definition) is 4. The predicted molar refractivity (Wildman–Crippen MR) is 114 cm³/mol. The van der Waals surface area contributed by atoms with Gasteiger partial charge in [-0.25, -0.2) is 4.39 Å². The number of rotatable bonds is 5. The SMILES string of the molecule is O=c1sc2cc(Br)ccc2n1CC1CCN(CC(O)c2ccc(F)cc2)CC1. The third kappa shape index (κ3) is 4.38. The first-order valence-corrected chi connectivity index (χ1v) is 11.1. The second-order valence-corrected chi connectivity index (χ2v) is 9.31. The Labute approximate surface area is 175 Å². The second kappa shape index (κ2) is 8.45. The fraction of sp³-hybridized carbons (Fsp3) is 0.381. The van der Waals surface area contributed by atoms with Gasteiger partial charge in [0, 0.05) is 17.6 Å². The summed E-state index contributed by atoms with van der Waals surface area (Å²) in [5, 5.41) is 10.4. The molecule has 1 saturated heterocycles. The number of likely N-dealkylation sites (tertiary alicyclic amines) is 1. The van der Waals surface area contributed by atoms with Crippen molar-refractivity contribution in [3.05, 3.63) is 68.0 Å². The molecule has 1 aromatic heterocycles. The maximum atomic E-state index is 13.0. The van der Waals surface area contributed by atoms with Crippen LogP contribution in [0, 0.1) is 11.7 Å². The Morgan fingerprint density at radius 3 is 2.61 bits per heavy atom. The lowest BCUT2D eigenvalue weighted by atomic mass is 9.96. The summed E-state index contributed by atoms with van der Waals surface area (Å²) in [5.74, 6) is 0.165. The van der Waals surface area contributed by atoms with Crippen LogP contribution in [0.3, 0.4) is 0 Å². The maximum Gasteiger partial charge on any atom is 0.308 e. The molecular weight excluding hydrogens is 443 g/mol. The maximum absolute atomic E-state index is 13.0. The van der Waals surface area contributed by atoms with E-state index in [9.17, 15) is 14.3 Å². The van der Waals surface area contributed by atoms with Crippen molar-refractivity contribution in [2.45, 2.75) is 25.5 Å². The zero-order valence-electron chi connectivity index (χ0n) is 15.4. The molecule has 0 bridgehead atoms. The van der Waals surface area contributed by atoms with E-state index in [2.05, 4.69) is 20.8 Å². The quantitative estimate of drug-likeness (QED) is 0.607. The van der Waals surface area contributed by atoms with Crippen molar-refractivity contribution in [2.24, 2.45) is 5.92 Å². The molecular formula is C21H22BrFN2O2S. The Bertz CT molecular complexity index is 1010. The molecule has 148 valence electrons. The summed E-state index contributed by atoms with van der Waals surface area (Å²) in [6, 6.07) is 12.0. The average Bonchev–Trinajstić information content (AvgIpc) is 2.98. The van der Waals surface area contributed by atoms with E-state index in [4.69, 9.17) is 0 Å². The van der Waals surface area contributed by atoms with Gasteiger partial charge in [0.25, 0.3) is 0 Å². The Hall–Kier alpha value is -1.54. The normalized spacial score (nSPS) is 17.2. The van der Waals surface area contributed by atoms with Crippen LogP contribution in [-0.4, -0.2) is 34.2 Å². The van der Waals surface area contributed by atoms with Crippen LogP contribution in [0.5, 0.6) is 0 Å². The van der Waals surface area contributed by atoms with Crippen LogP contribution in [-0.2, 0) is 6.54 Å². The molecule has 4 rings (SSSR count). The number of nitrogens with zero attached hydrogens (tertiary/aromatic N) is 2. The molecule has 0 aliphatic carbocycles. The molecule has 1 N–H and O–H groups in total. The largest absolute Gasteiger partial charge is 0.387 e. The molecule has 7 heteroatoms. The van der Waals surface area contributed by atoms with Crippen LogP contribution in [0.1, 0.15) is 24.5 Å². The molecule has 0 spiro atoms. The molecule has 0 saturated carbocycles. The molecule has 2 heterocycles. The van der Waals surface area contributed by atoms with Crippen LogP contribution < -0.4 is 4.87 Å². The molecule has 1 unspecified atom stereocenters. The smallest absolute Gasteiger partial charge is 0.308 e. The van der Waals surface area contributed by atoms with Crippen LogP contribution in [0.4, 0.5) is 4.39 Å². The highest BCUT2D eigenvalue weighted by atomic mass is 79.9. The summed E-state index contributed by atoms with van der Waals surface area (Å²) in [7, 11) is 0. The van der Waals surface area contributed by atoms with Crippen molar-refractivity contribution < 1.29 is 9.50 Å². The van der Waals surface area contributed by atoms with E-state index < -0.39 is 6.10 Å². The van der Waals surface area contributed by atoms with Crippen molar-refractivity contribution in [3.63, 3.8) is 0 Å². The van der Waals surface area contributed by atoms with Gasteiger partial charge in [0.05, 0.1) is 16.3 Å². The van der Waals surface area contributed by atoms with E-state index in [1.807, 2.05) is 22.8 Å². The minimum Gasteiger partial charge on any atom is -0.387 e. The van der Waals surface area contributed by atoms with Crippen molar-refractivity contribution in [1.29, 1.82) is 0 Å². The first kappa shape index (κ1) is 19.8. The van der Waals surface area contributed by atoms with Crippen LogP contribution in [0.25, 0.3) is 10.2 Å². The monoisotopic (exact) mass is 464 g/mol. The molecule has 3 aromatic rings. The topological polar surface area (TPSA) is 45.5 Å². The molecule has 4 nitrogen and oxygen atoms in total. The van der Waals surface area contributed by atoms with E-state index in [1.54, 1.807) is 12.1 Å². The molecule has 0 radical (unpaired) electrons. The Morgan fingerprint density at radius 1 is 1.18 bits per heavy atom. The zero-order valence-corrected chi connectivity index (χ0v) is 17.8. The van der Waals surface area contributed by atoms with Gasteiger partial charge in [-0.1, -0.05) is 39.4 Å². The Morgan fingerprint density at radius 2 is 1.89 bits per heavy atom. The van der Waals surface area contributed by atoms with E-state index in [0.717, 1.165) is 52.7 Å². The first-order chi connectivity index (χ1) is 13.5. The van der Waals surface area contributed by atoms with Crippen LogP contribution in [0.2, 0.25) is 0 Å². The highest BCUT2D eigenvalue weighted by Gasteiger charge is 2.23. The van der Waals surface area contributed by atoms with Gasteiger partial charge in [-0.15, -0.1) is 0 Å². The van der Waals surface area contributed by atoms with Gasteiger partial charge in [-0.2, -0.15) is 0 Å². The zero-order chi connectivity index (χ0) is 19.7. The molecule has 1 aliphatic heterocycles. The van der Waals surface area contributed by atoms with E-state index in [0.29, 0.717) is 12.5 Å². The third-order valence-corrected chi connectivity index (χ3v) is 6.90. The van der Waals surface area contributed by atoms with Crippen LogP contribution in [0.15, 0.2) is 51.7 Å². The summed E-state index contributed by atoms with van der Waals surface area (Å²) >= 11 is 4.76. The highest BCUT2D eigenvalue weighted by Crippen LogP contribution is 2.26. The minimum absolute atomic E-state index is 0.0993. The van der Waals surface area contributed by atoms with Crippen LogP contribution >= 0.6 is 27.3 Å². The second-order valence-electron chi connectivity index (χ2n) is 7.40. The van der Waals surface area contributed by atoms with E-state index in [-0.39, 0.29) is 10.7 Å². The number of aromatic nitrogens is 1. The number of β-amino-alcohol motifs (C(OH)–C–C–N with tert-alkyl or cyclic N) is 1. The lowest BCUT2D eigenvalue weighted by Gasteiger charge is -2.33. The molecule has 28 heavy (non-hydrogen) atoms. The molecule has 1 fully saturated rings. The number of fused-ring (bicyclic) bond motifs is 1. The lowest BCUT2D eigenvalue weighted by Crippen LogP contribution is -2.38. The summed E-state index contributed by atoms with van der Waals surface area (Å²) in [6.07, 6.45) is 1.38. The van der Waals surface area contributed by atoms with Gasteiger partial charge >= 0.3 is 4.87 Å². The molecule has 1 atom stereocenters. The number of piperidine rings is 1. The summed E-state index contributed by atoms with van der Waals surface area (Å²) in [4.78, 5) is 14.8. The number of aliphatic hydroxyl groups is 1. The Balaban J connectivity index is 1.35. The number of thiazole rings is 1. The van der Waals surface area contributed by atoms with E-state index >= 15 is 0 Å². The van der Waals surface area contributed by atoms with Gasteiger partial charge in [0.1, 0.15) is 5.82 Å². The highest BCUT2D eigenvalue weighted by molar-refractivity contribution is 9.10. The van der Waals surface area contributed by atoms with Gasteiger partial charge in [-0.3, -0.25) is 9.36 Å². The minimum atomic E-state index is -0.612. The summed E-state index contributed by atoms with van der Waals surface area (Å²) < 4.78 is 16.9. The van der Waals surface area contributed by atoms with Gasteiger partial charge in [-0.05, 0) is 67.7 Å². The van der Waals surface area contributed by atoms with E-state index in [1.165, 1.54) is 23.5 Å². The fourth-order valence-corrected chi connectivity index (χ4v) is 5.31. The predicted octanol–water partition coefficient (Wildman–Crippen LogP) is 4.41. The van der Waals surface area contributed by atoms with Gasteiger partial charge in [0.2, 0.25) is 0 Å². The molecule has 2 aromatic carbocycles. The number of halogens is 2. The number of hydrogen-bond donors (Lipinski definition) is 1. The van der Waals surface area contributed by atoms with Crippen molar-refractivity contribution in [3.8, 4) is 0 Å². The number of aliphatic hydroxyl groups excluding tert-OH is 1. The third-order valence-electron chi connectivity index (χ3n) is 5.46. The molecule has 1 aliphatic rings. The Kier molecular flexibility index (Phi) is 5.96. The molecule has 0 amide bonds. The van der Waals surface area contributed by atoms with Crippen molar-refractivity contribution in [2.75, 3.05) is 19.6 Å². The number of benzene rings is 2. The first-order valence-electron chi connectivity index (χ1n) is 9.44. The van der Waals surface area contributed by atoms with Crippen molar-refractivity contribution >= 4 is 37.5 Å². The van der Waals surface area contributed by atoms with Gasteiger partial charge < -0.3 is 10.0 Å². The van der Waals surface area contributed by atoms with Crippen molar-refractivity contribution in [1.82, 2.24) is 9.47 Å². The lowest BCUT2D eigenvalue weighted by molar-refractivity contribution is 0.0867.